The molecule has 1 aliphatic rings. The molecule has 1 aliphatic carbocycles. The molecule has 1 aromatic heterocycles. The molecular formula is C11H14N2O. The molecule has 1 N–H and O–H groups in total. The summed E-state index contributed by atoms with van der Waals surface area (Å²) < 4.78 is 0. The maximum atomic E-state index is 11.4. The van der Waals surface area contributed by atoms with Crippen LogP contribution < -0.4 is 5.32 Å². The minimum atomic E-state index is 0.0994. The SMILES string of the molecule is CNCC(=O)c1ccc(C2CC2)nc1. The van der Waals surface area contributed by atoms with Crippen molar-refractivity contribution in [1.82, 2.24) is 10.3 Å². The number of carbonyl (C=O) groups is 1. The smallest absolute Gasteiger partial charge is 0.178 e. The van der Waals surface area contributed by atoms with Crippen molar-refractivity contribution in [2.24, 2.45) is 0 Å². The number of Topliss-reactive ketones (excluding diaryl/α,β-unsaturated/α-hetero) is 1. The number of hydrogen-bond donors (Lipinski definition) is 1. The predicted octanol–water partition coefficient (Wildman–Crippen LogP) is 1.36. The summed E-state index contributed by atoms with van der Waals surface area (Å²) in [4.78, 5) is 15.7. The number of rotatable bonds is 4. The second-order valence-electron chi connectivity index (χ2n) is 3.70. The lowest BCUT2D eigenvalue weighted by atomic mass is 10.1. The lowest BCUT2D eigenvalue weighted by Crippen LogP contribution is -2.18. The Morgan fingerprint density at radius 2 is 2.36 bits per heavy atom. The molecule has 0 spiro atoms. The van der Waals surface area contributed by atoms with Gasteiger partial charge in [0.05, 0.1) is 6.54 Å². The van der Waals surface area contributed by atoms with E-state index in [1.807, 2.05) is 12.1 Å². The quantitative estimate of drug-likeness (QED) is 0.729. The van der Waals surface area contributed by atoms with Crippen LogP contribution in [-0.4, -0.2) is 24.4 Å². The Labute approximate surface area is 83.5 Å². The molecule has 0 aliphatic heterocycles. The minimum absolute atomic E-state index is 0.0994. The zero-order valence-corrected chi connectivity index (χ0v) is 8.29. The zero-order chi connectivity index (χ0) is 9.97. The van der Waals surface area contributed by atoms with Crippen molar-refractivity contribution in [3.63, 3.8) is 0 Å². The molecular weight excluding hydrogens is 176 g/mol. The van der Waals surface area contributed by atoms with Gasteiger partial charge < -0.3 is 5.32 Å². The molecule has 0 amide bonds. The molecule has 3 heteroatoms. The molecule has 1 heterocycles. The zero-order valence-electron chi connectivity index (χ0n) is 8.29. The van der Waals surface area contributed by atoms with Crippen LogP contribution in [0.2, 0.25) is 0 Å². The van der Waals surface area contributed by atoms with Crippen molar-refractivity contribution in [3.05, 3.63) is 29.6 Å². The monoisotopic (exact) mass is 190 g/mol. The van der Waals surface area contributed by atoms with Crippen LogP contribution in [0, 0.1) is 0 Å². The molecule has 0 aromatic carbocycles. The Hall–Kier alpha value is -1.22. The molecule has 74 valence electrons. The first kappa shape index (κ1) is 9.34. The standard InChI is InChI=1S/C11H14N2O/c1-12-7-11(14)9-4-5-10(13-6-9)8-2-3-8/h4-6,8,12H,2-3,7H2,1H3. The molecule has 0 bridgehead atoms. The number of aromatic nitrogens is 1. The van der Waals surface area contributed by atoms with Gasteiger partial charge in [0.1, 0.15) is 0 Å². The van der Waals surface area contributed by atoms with E-state index < -0.39 is 0 Å². The third kappa shape index (κ3) is 1.99. The fraction of sp³-hybridized carbons (Fsp3) is 0.455. The molecule has 14 heavy (non-hydrogen) atoms. The average Bonchev–Trinajstić information content (AvgIpc) is 3.02. The summed E-state index contributed by atoms with van der Waals surface area (Å²) in [6.45, 7) is 0.379. The van der Waals surface area contributed by atoms with Gasteiger partial charge in [-0.25, -0.2) is 0 Å². The highest BCUT2D eigenvalue weighted by molar-refractivity contribution is 5.97. The van der Waals surface area contributed by atoms with Crippen LogP contribution in [0.3, 0.4) is 0 Å². The first-order chi connectivity index (χ1) is 6.81. The van der Waals surface area contributed by atoms with E-state index in [2.05, 4.69) is 10.3 Å². The number of pyridine rings is 1. The van der Waals surface area contributed by atoms with Crippen LogP contribution in [0.5, 0.6) is 0 Å². The summed E-state index contributed by atoms with van der Waals surface area (Å²) in [5.74, 6) is 0.755. The highest BCUT2D eigenvalue weighted by Gasteiger charge is 2.24. The summed E-state index contributed by atoms with van der Waals surface area (Å²) >= 11 is 0. The van der Waals surface area contributed by atoms with E-state index in [9.17, 15) is 4.79 Å². The lowest BCUT2D eigenvalue weighted by molar-refractivity contribution is 0.0993. The fourth-order valence-corrected chi connectivity index (χ4v) is 1.45. The summed E-state index contributed by atoms with van der Waals surface area (Å²) in [7, 11) is 1.77. The van der Waals surface area contributed by atoms with Gasteiger partial charge in [-0.1, -0.05) is 0 Å². The second kappa shape index (κ2) is 3.88. The van der Waals surface area contributed by atoms with E-state index in [-0.39, 0.29) is 5.78 Å². The van der Waals surface area contributed by atoms with Crippen molar-refractivity contribution in [2.45, 2.75) is 18.8 Å². The Morgan fingerprint density at radius 3 is 2.86 bits per heavy atom. The highest BCUT2D eigenvalue weighted by Crippen LogP contribution is 2.38. The van der Waals surface area contributed by atoms with Gasteiger partial charge in [-0.3, -0.25) is 9.78 Å². The van der Waals surface area contributed by atoms with Gasteiger partial charge in [-0.15, -0.1) is 0 Å². The third-order valence-corrected chi connectivity index (χ3v) is 2.44. The lowest BCUT2D eigenvalue weighted by Gasteiger charge is -2.01. The van der Waals surface area contributed by atoms with Crippen molar-refractivity contribution in [2.75, 3.05) is 13.6 Å². The number of nitrogens with zero attached hydrogens (tertiary/aromatic N) is 1. The van der Waals surface area contributed by atoms with E-state index in [1.165, 1.54) is 12.8 Å². The van der Waals surface area contributed by atoms with Gasteiger partial charge >= 0.3 is 0 Å². The first-order valence-electron chi connectivity index (χ1n) is 4.95. The van der Waals surface area contributed by atoms with Crippen LogP contribution in [0.1, 0.15) is 34.8 Å². The Kier molecular flexibility index (Phi) is 2.59. The average molecular weight is 190 g/mol. The van der Waals surface area contributed by atoms with Crippen molar-refractivity contribution < 1.29 is 4.79 Å². The van der Waals surface area contributed by atoms with Gasteiger partial charge in [-0.2, -0.15) is 0 Å². The van der Waals surface area contributed by atoms with Crippen molar-refractivity contribution in [1.29, 1.82) is 0 Å². The number of hydrogen-bond acceptors (Lipinski definition) is 3. The Balaban J connectivity index is 2.08. The van der Waals surface area contributed by atoms with Gasteiger partial charge in [0.2, 0.25) is 0 Å². The number of likely N-dealkylation sites (N-methyl/N-ethyl adjacent to an activating group) is 1. The van der Waals surface area contributed by atoms with E-state index >= 15 is 0 Å². The minimum Gasteiger partial charge on any atom is -0.313 e. The van der Waals surface area contributed by atoms with Crippen molar-refractivity contribution >= 4 is 5.78 Å². The van der Waals surface area contributed by atoms with Crippen molar-refractivity contribution in [3.8, 4) is 0 Å². The normalized spacial score (nSPS) is 15.5. The topological polar surface area (TPSA) is 42.0 Å². The van der Waals surface area contributed by atoms with Crippen LogP contribution in [-0.2, 0) is 0 Å². The molecule has 1 saturated carbocycles. The number of ketones is 1. The van der Waals surface area contributed by atoms with E-state index in [1.54, 1.807) is 13.2 Å². The molecule has 3 nitrogen and oxygen atoms in total. The fourth-order valence-electron chi connectivity index (χ4n) is 1.45. The maximum Gasteiger partial charge on any atom is 0.178 e. The summed E-state index contributed by atoms with van der Waals surface area (Å²) in [5.41, 5.74) is 1.83. The molecule has 0 saturated heterocycles. The highest BCUT2D eigenvalue weighted by atomic mass is 16.1. The van der Waals surface area contributed by atoms with E-state index in [4.69, 9.17) is 0 Å². The predicted molar refractivity (Wildman–Crippen MR) is 54.5 cm³/mol. The van der Waals surface area contributed by atoms with Gasteiger partial charge in [0, 0.05) is 23.4 Å². The van der Waals surface area contributed by atoms with E-state index in [0.29, 0.717) is 18.0 Å². The molecule has 0 radical (unpaired) electrons. The summed E-state index contributed by atoms with van der Waals surface area (Å²) in [5, 5.41) is 2.84. The van der Waals surface area contributed by atoms with Gasteiger partial charge in [-0.05, 0) is 32.0 Å². The van der Waals surface area contributed by atoms with Crippen LogP contribution in [0.4, 0.5) is 0 Å². The number of carbonyl (C=O) groups excluding carboxylic acids is 1. The molecule has 0 atom stereocenters. The third-order valence-electron chi connectivity index (χ3n) is 2.44. The second-order valence-corrected chi connectivity index (χ2v) is 3.70. The first-order valence-corrected chi connectivity index (χ1v) is 4.95. The molecule has 2 rings (SSSR count). The van der Waals surface area contributed by atoms with E-state index in [0.717, 1.165) is 5.69 Å². The Bertz CT molecular complexity index is 328. The summed E-state index contributed by atoms with van der Waals surface area (Å²) in [6, 6.07) is 3.85. The number of nitrogens with one attached hydrogen (secondary N) is 1. The van der Waals surface area contributed by atoms with Crippen LogP contribution in [0.25, 0.3) is 0 Å². The summed E-state index contributed by atoms with van der Waals surface area (Å²) in [6.07, 6.45) is 4.18. The largest absolute Gasteiger partial charge is 0.313 e. The van der Waals surface area contributed by atoms with Gasteiger partial charge in [0.15, 0.2) is 5.78 Å². The Morgan fingerprint density at radius 1 is 1.57 bits per heavy atom. The van der Waals surface area contributed by atoms with Crippen LogP contribution >= 0.6 is 0 Å². The molecule has 1 aromatic rings. The van der Waals surface area contributed by atoms with Gasteiger partial charge in [0.25, 0.3) is 0 Å². The molecule has 1 fully saturated rings. The molecule has 0 unspecified atom stereocenters. The maximum absolute atomic E-state index is 11.4. The van der Waals surface area contributed by atoms with Crippen LogP contribution in [0.15, 0.2) is 18.3 Å².